The summed E-state index contributed by atoms with van der Waals surface area (Å²) < 4.78 is 66.5. The number of benzene rings is 2. The first-order valence-corrected chi connectivity index (χ1v) is 45.5. The molecule has 2 aliphatic heterocycles. The number of rotatable bonds is 57. The van der Waals surface area contributed by atoms with Crippen molar-refractivity contribution >= 4 is 133 Å². The topological polar surface area (TPSA) is 551 Å². The van der Waals surface area contributed by atoms with Crippen LogP contribution in [-0.4, -0.2) is 324 Å². The molecule has 2 heterocycles. The lowest BCUT2D eigenvalue weighted by Crippen LogP contribution is -2.53. The number of aliphatic carboxylic acids is 1. The molecule has 0 spiro atoms. The molecule has 39 nitrogen and oxygen atoms in total. The zero-order valence-electron chi connectivity index (χ0n) is 72.1. The van der Waals surface area contributed by atoms with Crippen LogP contribution in [0.2, 0.25) is 0 Å². The van der Waals surface area contributed by atoms with E-state index in [9.17, 15) is 81.4 Å². The fourth-order valence-electron chi connectivity index (χ4n) is 11.6. The van der Waals surface area contributed by atoms with Gasteiger partial charge in [-0.2, -0.15) is 0 Å². The molecule has 2 aromatic carbocycles. The van der Waals surface area contributed by atoms with Crippen LogP contribution in [0.3, 0.4) is 0 Å². The van der Waals surface area contributed by atoms with Gasteiger partial charge in [0.1, 0.15) is 38.3 Å². The highest BCUT2D eigenvalue weighted by molar-refractivity contribution is 8.76. The van der Waals surface area contributed by atoms with Crippen molar-refractivity contribution in [2.24, 2.45) is 39.4 Å². The number of ether oxygens (including phenoxy) is 10. The molecule has 0 aliphatic carbocycles. The fourth-order valence-corrected chi connectivity index (χ4v) is 14.9. The first kappa shape index (κ1) is 111. The van der Waals surface area contributed by atoms with Gasteiger partial charge in [-0.05, 0) is 88.0 Å². The number of hydrogen-bond acceptors (Lipinski definition) is 31. The molecule has 0 aromatic heterocycles. The van der Waals surface area contributed by atoms with Crippen LogP contribution in [0.4, 0.5) is 4.39 Å². The predicted molar refractivity (Wildman–Crippen MR) is 466 cm³/mol. The van der Waals surface area contributed by atoms with Crippen molar-refractivity contribution in [3.63, 3.8) is 0 Å². The number of carboxylic acids is 1. The molecule has 2 saturated heterocycles. The molecule has 0 saturated carbocycles. The molecule has 0 radical (unpaired) electrons. The molecule has 2 bridgehead atoms. The Balaban J connectivity index is 0.00000289. The van der Waals surface area contributed by atoms with Crippen LogP contribution in [0, 0.1) is 23.6 Å². The number of hydrogen-bond donors (Lipinski definition) is 11. The number of guanidine groups is 1. The Morgan fingerprint density at radius 3 is 1.68 bits per heavy atom. The summed E-state index contributed by atoms with van der Waals surface area (Å²) in [5, 5.41) is 35.1. The van der Waals surface area contributed by atoms with E-state index in [1.54, 1.807) is 37.4 Å². The number of amides is 8. The standard InChI is InChI=1S/C74H111FN12O23S3.C9H16O4/c1-2-23-102-27-28-103-24-9-14-62(89)59-47-111-50-68(95)84-58(13-6-7-19-78-65(92)44-109-45-66(93)79-21-25-104-29-31-106-33-35-108-36-34-107-32-30-105-26-22-80-67(94)46-110-83-42-52-15-17-56(75)18-16-52)73(101)87-61-49-113-112-48-60(64(91)40-54(71(99)85-59)37-51-10-4-3-5-11-51)86-72(100)55(41-69(96)97)38-57(88)43-82-70(98)53(39-63(61)90)12-8-20-81-74(76)77;1-8(10)6-13-7-9(11)4-3-5-12-2/h3-5,10-11,15-18,42,53-55,58-61H,2,6-9,12-14,19-41,43-50H2,1H3,(H,78,92)(H,79,93)(H,80,94)(H,82,98)(H,84,95)(H,85,99)(H,86,100)(H,87,101)(H,96,97)(H4,76,77,81);3-7H2,1-2H3/b83-42+;/t53-,54-,55+,58+,59+,60+,61+;/m1./s1/i75-1;. The highest BCUT2D eigenvalue weighted by Crippen LogP contribution is 2.28. The second-order valence-electron chi connectivity index (χ2n) is 28.8. The van der Waals surface area contributed by atoms with Gasteiger partial charge < -0.3 is 111 Å². The summed E-state index contributed by atoms with van der Waals surface area (Å²) in [4.78, 5) is 208. The summed E-state index contributed by atoms with van der Waals surface area (Å²) in [7, 11) is 3.60. The van der Waals surface area contributed by atoms with Crippen LogP contribution in [0.25, 0.3) is 0 Å². The quantitative estimate of drug-likeness (QED) is 0.0144. The second kappa shape index (κ2) is 71.0. The Bertz CT molecular complexity index is 3660. The monoisotopic (exact) mass is 1840 g/mol. The van der Waals surface area contributed by atoms with Gasteiger partial charge in [0.15, 0.2) is 47.3 Å². The summed E-state index contributed by atoms with van der Waals surface area (Å²) in [5.74, 6) is -14.6. The third-order valence-corrected chi connectivity index (χ3v) is 21.5. The van der Waals surface area contributed by atoms with Crippen LogP contribution in [0.1, 0.15) is 115 Å². The van der Waals surface area contributed by atoms with Gasteiger partial charge in [0.05, 0.1) is 128 Å². The molecule has 2 aromatic rings. The number of nitrogens with zero attached hydrogens (tertiary/aromatic N) is 2. The molecule has 2 aliphatic rings. The summed E-state index contributed by atoms with van der Waals surface area (Å²) in [5.41, 5.74) is 12.4. The molecule has 13 N–H and O–H groups in total. The molecule has 4 rings (SSSR count). The van der Waals surface area contributed by atoms with Crippen LogP contribution in [0.15, 0.2) is 64.7 Å². The lowest BCUT2D eigenvalue weighted by atomic mass is 9.90. The molecule has 43 heteroatoms. The Morgan fingerprint density at radius 2 is 1.10 bits per heavy atom. The number of unbranched alkanes of at least 4 members (excludes halogenated alkanes) is 1. The van der Waals surface area contributed by atoms with Crippen molar-refractivity contribution < 1.29 is 134 Å². The highest BCUT2D eigenvalue weighted by atomic mass is 33.1. The number of carbonyl (C=O) groups excluding carboxylic acids is 14. The van der Waals surface area contributed by atoms with Crippen LogP contribution >= 0.6 is 33.3 Å². The van der Waals surface area contributed by atoms with Gasteiger partial charge in [-0.25, -0.2) is 4.39 Å². The van der Waals surface area contributed by atoms with E-state index in [1.165, 1.54) is 37.4 Å². The Labute approximate surface area is 746 Å². The maximum Gasteiger partial charge on any atom is 0.304 e. The number of ketones is 6. The van der Waals surface area contributed by atoms with E-state index in [2.05, 4.69) is 52.7 Å². The van der Waals surface area contributed by atoms with E-state index in [-0.39, 0.29) is 189 Å². The molecular weight excluding hydrogens is 1710 g/mol. The average molecular weight is 1840 g/mol. The summed E-state index contributed by atoms with van der Waals surface area (Å²) in [6.45, 7) is 7.03. The first-order chi connectivity index (χ1) is 60.8. The zero-order chi connectivity index (χ0) is 92.2. The van der Waals surface area contributed by atoms with Gasteiger partial charge >= 0.3 is 5.97 Å². The van der Waals surface area contributed by atoms with Crippen molar-refractivity contribution in [2.75, 3.05) is 195 Å². The number of nitrogens with one attached hydrogen (secondary N) is 8. The second-order valence-corrected chi connectivity index (χ2v) is 32.4. The van der Waals surface area contributed by atoms with E-state index in [0.717, 1.165) is 39.8 Å². The molecule has 8 amide bonds. The Kier molecular flexibility index (Phi) is 62.7. The first-order valence-electron chi connectivity index (χ1n) is 41.9. The van der Waals surface area contributed by atoms with E-state index in [4.69, 9.17) is 63.7 Å². The fraction of sp³-hybridized carbons (Fsp3) is 0.651. The molecule has 706 valence electrons. The number of nitrogens with two attached hydrogens (primary N) is 2. The van der Waals surface area contributed by atoms with Crippen molar-refractivity contribution in [2.45, 2.75) is 134 Å². The zero-order valence-corrected chi connectivity index (χ0v) is 74.6. The molecule has 7 atom stereocenters. The summed E-state index contributed by atoms with van der Waals surface area (Å²) in [6, 6.07) is 9.00. The van der Waals surface area contributed by atoms with E-state index in [1.807, 2.05) is 6.92 Å². The number of thioether (sulfide) groups is 1. The molecular formula is C83H127FN12O27S3. The van der Waals surface area contributed by atoms with E-state index < -0.39 is 158 Å². The van der Waals surface area contributed by atoms with Crippen molar-refractivity contribution in [3.05, 3.63) is 71.5 Å². The molecule has 126 heavy (non-hydrogen) atoms. The van der Waals surface area contributed by atoms with Crippen LogP contribution in [0.5, 0.6) is 0 Å². The third kappa shape index (κ3) is 57.0. The Hall–Kier alpha value is -8.99. The number of fused-ring (bicyclic) bond motifs is 5. The minimum absolute atomic E-state index is 0.00949. The van der Waals surface area contributed by atoms with Crippen LogP contribution in [-0.2, 0) is 131 Å². The minimum Gasteiger partial charge on any atom is -0.481 e. The predicted octanol–water partition coefficient (Wildman–Crippen LogP) is 0.869. The minimum atomic E-state index is -1.53. The van der Waals surface area contributed by atoms with Gasteiger partial charge in [-0.1, -0.05) is 76.1 Å². The third-order valence-electron chi connectivity index (χ3n) is 18.0. The largest absolute Gasteiger partial charge is 0.481 e. The van der Waals surface area contributed by atoms with Gasteiger partial charge in [-0.3, -0.25) is 76.9 Å². The number of Topliss-reactive ketones (excluding diaryl/α,β-unsaturated/α-hetero) is 6. The van der Waals surface area contributed by atoms with Crippen molar-refractivity contribution in [3.8, 4) is 0 Å². The molecule has 2 fully saturated rings. The maximum absolute atomic E-state index is 14.8. The normalized spacial score (nSPS) is 18.5. The van der Waals surface area contributed by atoms with Crippen LogP contribution < -0.4 is 54.0 Å². The summed E-state index contributed by atoms with van der Waals surface area (Å²) in [6.07, 6.45) is 1.64. The highest BCUT2D eigenvalue weighted by Gasteiger charge is 2.36. The molecule has 0 unspecified atom stereocenters. The lowest BCUT2D eigenvalue weighted by molar-refractivity contribution is -0.142. The van der Waals surface area contributed by atoms with Crippen molar-refractivity contribution in [1.82, 2.24) is 42.5 Å². The number of oxime groups is 1. The van der Waals surface area contributed by atoms with Gasteiger partial charge in [-0.15, -0.1) is 11.8 Å². The smallest absolute Gasteiger partial charge is 0.304 e. The average Bonchev–Trinajstić information content (AvgIpc) is 1.14. The van der Waals surface area contributed by atoms with Gasteiger partial charge in [0.2, 0.25) is 41.4 Å². The number of carboxylic acid groups (broad SMARTS) is 1. The summed E-state index contributed by atoms with van der Waals surface area (Å²) >= 11 is 0.978. The SMILES string of the molecule is CCCOCCOCCCC(=O)[C@@H]1CSCC(=O)N[C@@H](CCCCNC(=O)COCC(=O)NCCOCCOCCOCCOCCOCCNC(=O)CO/N=C/c2ccc([18F])cc2)C(=O)N[C@H]2CSSC[C@H](NC(=O)[C@H](CC(=O)O)CC(=O)CNC(=O)[C@H](CCCN=C(N)N)CC2=O)C(=O)C[C@@H](Cc2ccccc2)C(=O)N1.COCCCC(=O)COCC(C)=O. The maximum atomic E-state index is 14.8. The van der Waals surface area contributed by atoms with Gasteiger partial charge in [0.25, 0.3) is 5.91 Å². The van der Waals surface area contributed by atoms with Crippen molar-refractivity contribution in [1.29, 1.82) is 0 Å². The number of aliphatic imine (C=N–C) groups is 1. The number of halogens is 1. The van der Waals surface area contributed by atoms with Gasteiger partial charge in [0, 0.05) is 114 Å². The number of carbonyl (C=O) groups is 15. The van der Waals surface area contributed by atoms with E-state index in [0.29, 0.717) is 83.4 Å². The van der Waals surface area contributed by atoms with E-state index >= 15 is 0 Å². The Morgan fingerprint density at radius 1 is 0.548 bits per heavy atom. The number of methoxy groups -OCH3 is 1. The lowest BCUT2D eigenvalue weighted by Gasteiger charge is -2.26.